The average Bonchev–Trinajstić information content (AvgIpc) is 2.18. The first-order valence-electron chi connectivity index (χ1n) is 4.76. The number of hydrogen-bond donors (Lipinski definition) is 3. The van der Waals surface area contributed by atoms with E-state index >= 15 is 0 Å². The monoisotopic (exact) mass is 205 g/mol. The molecule has 4 nitrogen and oxygen atoms in total. The summed E-state index contributed by atoms with van der Waals surface area (Å²) in [7, 11) is 0. The molecule has 5 N–H and O–H groups in total. The van der Waals surface area contributed by atoms with Crippen molar-refractivity contribution in [2.24, 2.45) is 16.6 Å². The summed E-state index contributed by atoms with van der Waals surface area (Å²) in [6, 6.07) is 6.23. The van der Waals surface area contributed by atoms with Crippen LogP contribution in [0, 0.1) is 13.8 Å². The van der Waals surface area contributed by atoms with Gasteiger partial charge in [-0.3, -0.25) is 11.5 Å². The zero-order valence-corrected chi connectivity index (χ0v) is 9.33. The second-order valence-electron chi connectivity index (χ2n) is 3.58. The normalized spacial score (nSPS) is 11.3. The van der Waals surface area contributed by atoms with Crippen LogP contribution in [-0.2, 0) is 0 Å². The Morgan fingerprint density at radius 2 is 1.93 bits per heavy atom. The first-order chi connectivity index (χ1) is 7.00. The molecule has 4 heteroatoms. The van der Waals surface area contributed by atoms with Gasteiger partial charge in [0.15, 0.2) is 0 Å². The summed E-state index contributed by atoms with van der Waals surface area (Å²) in [6.45, 7) is 6.01. The Morgan fingerprint density at radius 3 is 2.53 bits per heavy atom. The summed E-state index contributed by atoms with van der Waals surface area (Å²) < 4.78 is 0. The third-order valence-corrected chi connectivity index (χ3v) is 2.14. The highest BCUT2D eigenvalue weighted by atomic mass is 15.3. The van der Waals surface area contributed by atoms with Crippen LogP contribution >= 0.6 is 0 Å². The van der Waals surface area contributed by atoms with E-state index in [2.05, 4.69) is 28.4 Å². The number of nitrogens with zero attached hydrogens (tertiary/aromatic N) is 1. The van der Waals surface area contributed by atoms with Gasteiger partial charge in [0.1, 0.15) is 0 Å². The maximum Gasteiger partial charge on any atom is 0.362 e. The fraction of sp³-hybridized carbons (Fsp3) is 0.273. The van der Waals surface area contributed by atoms with Crippen LogP contribution in [0.4, 0.5) is 0 Å². The van der Waals surface area contributed by atoms with E-state index < -0.39 is 0 Å². The third kappa shape index (κ3) is 3.09. The topological polar surface area (TPSA) is 78.4 Å². The van der Waals surface area contributed by atoms with Crippen LogP contribution in [0.5, 0.6) is 0 Å². The summed E-state index contributed by atoms with van der Waals surface area (Å²) in [5.41, 5.74) is 14.9. The first-order valence-corrected chi connectivity index (χ1v) is 4.76. The molecule has 0 atom stereocenters. The number of hydrazone groups is 1. The molecule has 0 radical (unpaired) electrons. The molecule has 0 aliphatic rings. The quantitative estimate of drug-likeness (QED) is 0.342. The van der Waals surface area contributed by atoms with Gasteiger partial charge in [0.05, 0.1) is 5.71 Å². The Hall–Kier alpha value is -1.84. The van der Waals surface area contributed by atoms with Crippen LogP contribution in [0.1, 0.15) is 23.6 Å². The molecular formula is C11H17N4+. The van der Waals surface area contributed by atoms with Gasteiger partial charge in [0.25, 0.3) is 0 Å². The van der Waals surface area contributed by atoms with Crippen molar-refractivity contribution < 1.29 is 5.10 Å². The van der Waals surface area contributed by atoms with Crippen LogP contribution in [0.25, 0.3) is 0 Å². The maximum absolute atomic E-state index is 5.26. The zero-order valence-electron chi connectivity index (χ0n) is 9.33. The van der Waals surface area contributed by atoms with E-state index in [1.54, 1.807) is 0 Å². The lowest BCUT2D eigenvalue weighted by Gasteiger charge is -2.04. The van der Waals surface area contributed by atoms with Crippen LogP contribution in [0.15, 0.2) is 23.3 Å². The summed E-state index contributed by atoms with van der Waals surface area (Å²) in [5.74, 6) is 0.0969. The van der Waals surface area contributed by atoms with E-state index in [1.807, 2.05) is 20.8 Å². The summed E-state index contributed by atoms with van der Waals surface area (Å²) >= 11 is 0. The molecule has 0 aromatic heterocycles. The fourth-order valence-electron chi connectivity index (χ4n) is 1.33. The molecule has 0 unspecified atom stereocenters. The smallest absolute Gasteiger partial charge is 0.289 e. The van der Waals surface area contributed by atoms with E-state index in [0.29, 0.717) is 0 Å². The molecule has 0 spiro atoms. The molecule has 0 aliphatic heterocycles. The summed E-state index contributed by atoms with van der Waals surface area (Å²) in [5, 5.41) is 6.63. The van der Waals surface area contributed by atoms with E-state index in [9.17, 15) is 0 Å². The van der Waals surface area contributed by atoms with Gasteiger partial charge >= 0.3 is 5.96 Å². The van der Waals surface area contributed by atoms with E-state index in [1.165, 1.54) is 11.1 Å². The molecule has 0 fully saturated rings. The van der Waals surface area contributed by atoms with Gasteiger partial charge in [-0.05, 0) is 32.4 Å². The predicted molar refractivity (Wildman–Crippen MR) is 62.5 cm³/mol. The van der Waals surface area contributed by atoms with Crippen molar-refractivity contribution in [2.45, 2.75) is 20.8 Å². The Balaban J connectivity index is 3.10. The Morgan fingerprint density at radius 1 is 1.27 bits per heavy atom. The van der Waals surface area contributed by atoms with Gasteiger partial charge in [-0.2, -0.15) is 5.10 Å². The van der Waals surface area contributed by atoms with Gasteiger partial charge in [0.2, 0.25) is 0 Å². The van der Waals surface area contributed by atoms with Crippen LogP contribution in [0.2, 0.25) is 0 Å². The second kappa shape index (κ2) is 4.59. The molecule has 1 aromatic rings. The number of hydrogen-bond acceptors (Lipinski definition) is 1. The molecular weight excluding hydrogens is 188 g/mol. The first kappa shape index (κ1) is 11.2. The Kier molecular flexibility index (Phi) is 3.44. The molecule has 15 heavy (non-hydrogen) atoms. The summed E-state index contributed by atoms with van der Waals surface area (Å²) in [6.07, 6.45) is 0. The average molecular weight is 205 g/mol. The molecule has 80 valence electrons. The molecule has 0 saturated carbocycles. The van der Waals surface area contributed by atoms with Gasteiger partial charge in [-0.15, -0.1) is 5.10 Å². The molecule has 0 aliphatic carbocycles. The van der Waals surface area contributed by atoms with Crippen molar-refractivity contribution in [1.29, 1.82) is 0 Å². The standard InChI is InChI=1S/C11H16N4/c1-7-4-5-8(2)10(6-7)9(3)14-15-11(12)13/h4-6H,1-3H3,(H4,12,13,15)/p+1/b14-9-. The molecule has 0 saturated heterocycles. The SMILES string of the molecule is C/C(=N/[NH+]=C(N)N)c1cc(C)ccc1C. The fourth-order valence-corrected chi connectivity index (χ4v) is 1.33. The van der Waals surface area contributed by atoms with Gasteiger partial charge in [0, 0.05) is 5.56 Å². The van der Waals surface area contributed by atoms with Gasteiger partial charge in [-0.1, -0.05) is 17.7 Å². The van der Waals surface area contributed by atoms with Crippen LogP contribution in [0.3, 0.4) is 0 Å². The number of benzene rings is 1. The van der Waals surface area contributed by atoms with Crippen molar-refractivity contribution >= 4 is 11.7 Å². The highest BCUT2D eigenvalue weighted by Gasteiger charge is 2.02. The van der Waals surface area contributed by atoms with E-state index in [4.69, 9.17) is 11.5 Å². The number of guanidine groups is 1. The molecule has 0 amide bonds. The lowest BCUT2D eigenvalue weighted by molar-refractivity contribution is -0.464. The highest BCUT2D eigenvalue weighted by Crippen LogP contribution is 2.10. The Bertz CT molecular complexity index is 415. The minimum absolute atomic E-state index is 0.0969. The lowest BCUT2D eigenvalue weighted by Crippen LogP contribution is -2.72. The van der Waals surface area contributed by atoms with Crippen molar-refractivity contribution in [3.8, 4) is 0 Å². The van der Waals surface area contributed by atoms with Gasteiger partial charge in [-0.25, -0.2) is 0 Å². The number of rotatable bonds is 2. The minimum Gasteiger partial charge on any atom is -0.289 e. The molecule has 0 heterocycles. The summed E-state index contributed by atoms with van der Waals surface area (Å²) in [4.78, 5) is 0. The highest BCUT2D eigenvalue weighted by molar-refractivity contribution is 5.99. The predicted octanol–water partition coefficient (Wildman–Crippen LogP) is -0.619. The number of nitrogens with two attached hydrogens (primary N) is 2. The minimum atomic E-state index is 0.0969. The molecule has 0 bridgehead atoms. The van der Waals surface area contributed by atoms with Crippen molar-refractivity contribution in [2.75, 3.05) is 0 Å². The number of aryl methyl sites for hydroxylation is 2. The molecule has 1 rings (SSSR count). The maximum atomic E-state index is 5.26. The zero-order chi connectivity index (χ0) is 11.4. The number of nitrogens with one attached hydrogen (secondary N) is 1. The van der Waals surface area contributed by atoms with E-state index in [0.717, 1.165) is 11.3 Å². The second-order valence-corrected chi connectivity index (χ2v) is 3.58. The van der Waals surface area contributed by atoms with Crippen LogP contribution in [-0.4, -0.2) is 11.7 Å². The van der Waals surface area contributed by atoms with Crippen LogP contribution < -0.4 is 16.6 Å². The van der Waals surface area contributed by atoms with E-state index in [-0.39, 0.29) is 5.96 Å². The van der Waals surface area contributed by atoms with Crippen molar-refractivity contribution in [1.82, 2.24) is 0 Å². The largest absolute Gasteiger partial charge is 0.362 e. The van der Waals surface area contributed by atoms with Gasteiger partial charge < -0.3 is 0 Å². The van der Waals surface area contributed by atoms with Crippen molar-refractivity contribution in [3.05, 3.63) is 34.9 Å². The lowest BCUT2D eigenvalue weighted by atomic mass is 10.0. The molecule has 1 aromatic carbocycles. The third-order valence-electron chi connectivity index (χ3n) is 2.14. The van der Waals surface area contributed by atoms with Crippen molar-refractivity contribution in [3.63, 3.8) is 0 Å². The Labute approximate surface area is 89.7 Å².